The predicted molar refractivity (Wildman–Crippen MR) is 76.8 cm³/mol. The van der Waals surface area contributed by atoms with Gasteiger partial charge in [-0.05, 0) is 26.7 Å². The number of amides is 1. The molecule has 4 atom stereocenters. The first-order valence-electron chi connectivity index (χ1n) is 5.94. The van der Waals surface area contributed by atoms with Crippen LogP contribution in [0.3, 0.4) is 0 Å². The van der Waals surface area contributed by atoms with Gasteiger partial charge in [0.1, 0.15) is 0 Å². The quantitative estimate of drug-likeness (QED) is 0.772. The number of rotatable bonds is 4. The number of nitrogens with one attached hydrogen (secondary N) is 1. The highest BCUT2D eigenvalue weighted by atomic mass is 79.9. The highest BCUT2D eigenvalue weighted by molar-refractivity contribution is 9.09. The molecule has 17 heavy (non-hydrogen) atoms. The summed E-state index contributed by atoms with van der Waals surface area (Å²) >= 11 is 6.87. The summed E-state index contributed by atoms with van der Waals surface area (Å²) in [4.78, 5) is 12.3. The molecule has 0 aromatic carbocycles. The van der Waals surface area contributed by atoms with Gasteiger partial charge in [-0.15, -0.1) is 0 Å². The summed E-state index contributed by atoms with van der Waals surface area (Å²) in [7, 11) is 0. The Morgan fingerprint density at radius 3 is 2.12 bits per heavy atom. The minimum absolute atomic E-state index is 0.00472. The van der Waals surface area contributed by atoms with Crippen LogP contribution in [0.25, 0.3) is 0 Å². The zero-order valence-electron chi connectivity index (χ0n) is 10.8. The Labute approximate surface area is 120 Å². The Balaban J connectivity index is 2.71. The summed E-state index contributed by atoms with van der Waals surface area (Å²) in [6, 6.07) is 0. The Morgan fingerprint density at radius 1 is 1.24 bits per heavy atom. The van der Waals surface area contributed by atoms with E-state index in [9.17, 15) is 4.79 Å². The topological polar surface area (TPSA) is 38.3 Å². The maximum Gasteiger partial charge on any atom is 0.226 e. The fourth-order valence-electron chi connectivity index (χ4n) is 2.20. The van der Waals surface area contributed by atoms with E-state index in [4.69, 9.17) is 4.74 Å². The predicted octanol–water partition coefficient (Wildman–Crippen LogP) is 2.71. The standard InChI is InChI=1S/C12H21Br2NO2/c1-7-8(2)17-9(3)10(7)11(16)15-12(4,5-13)6-14/h7-10H,5-6H2,1-4H3,(H,15,16). The molecular weight excluding hydrogens is 350 g/mol. The van der Waals surface area contributed by atoms with Crippen molar-refractivity contribution >= 4 is 37.8 Å². The van der Waals surface area contributed by atoms with Crippen LogP contribution >= 0.6 is 31.9 Å². The van der Waals surface area contributed by atoms with E-state index < -0.39 is 0 Å². The van der Waals surface area contributed by atoms with Crippen molar-refractivity contribution in [3.8, 4) is 0 Å². The van der Waals surface area contributed by atoms with E-state index in [0.29, 0.717) is 0 Å². The summed E-state index contributed by atoms with van der Waals surface area (Å²) < 4.78 is 5.70. The van der Waals surface area contributed by atoms with E-state index in [1.807, 2.05) is 20.8 Å². The van der Waals surface area contributed by atoms with Gasteiger partial charge in [-0.1, -0.05) is 38.8 Å². The fraction of sp³-hybridized carbons (Fsp3) is 0.917. The van der Waals surface area contributed by atoms with Crippen LogP contribution < -0.4 is 5.32 Å². The average Bonchev–Trinajstić information content (AvgIpc) is 2.53. The summed E-state index contributed by atoms with van der Waals surface area (Å²) in [5.74, 6) is 0.304. The molecule has 0 aliphatic carbocycles. The van der Waals surface area contributed by atoms with Crippen molar-refractivity contribution in [2.24, 2.45) is 11.8 Å². The van der Waals surface area contributed by atoms with Crippen LogP contribution in [0.1, 0.15) is 27.7 Å². The number of ether oxygens (including phenoxy) is 1. The molecule has 1 heterocycles. The minimum Gasteiger partial charge on any atom is -0.374 e. The zero-order chi connectivity index (χ0) is 13.2. The molecule has 5 heteroatoms. The lowest BCUT2D eigenvalue weighted by Gasteiger charge is -2.29. The number of alkyl halides is 2. The second kappa shape index (κ2) is 6.02. The van der Waals surface area contributed by atoms with E-state index in [1.165, 1.54) is 0 Å². The molecule has 1 saturated heterocycles. The molecule has 1 aliphatic rings. The third-order valence-electron chi connectivity index (χ3n) is 3.56. The van der Waals surface area contributed by atoms with Gasteiger partial charge in [0.2, 0.25) is 5.91 Å². The van der Waals surface area contributed by atoms with Crippen LogP contribution in [-0.2, 0) is 9.53 Å². The number of carbonyl (C=O) groups excluding carboxylic acids is 1. The van der Waals surface area contributed by atoms with Gasteiger partial charge < -0.3 is 10.1 Å². The first kappa shape index (κ1) is 15.4. The van der Waals surface area contributed by atoms with Crippen molar-refractivity contribution in [2.45, 2.75) is 45.4 Å². The Kier molecular flexibility index (Phi) is 5.47. The van der Waals surface area contributed by atoms with Crippen molar-refractivity contribution in [1.29, 1.82) is 0 Å². The van der Waals surface area contributed by atoms with E-state index in [0.717, 1.165) is 10.7 Å². The number of carbonyl (C=O) groups is 1. The van der Waals surface area contributed by atoms with Gasteiger partial charge in [0.15, 0.2) is 0 Å². The molecule has 0 aromatic rings. The number of hydrogen-bond acceptors (Lipinski definition) is 2. The van der Waals surface area contributed by atoms with Crippen molar-refractivity contribution in [3.05, 3.63) is 0 Å². The largest absolute Gasteiger partial charge is 0.374 e. The van der Waals surface area contributed by atoms with Gasteiger partial charge in [0.25, 0.3) is 0 Å². The Bertz CT molecular complexity index is 282. The summed E-state index contributed by atoms with van der Waals surface area (Å²) in [5, 5.41) is 4.55. The minimum atomic E-state index is -0.248. The molecule has 1 amide bonds. The highest BCUT2D eigenvalue weighted by Gasteiger charge is 2.42. The van der Waals surface area contributed by atoms with Gasteiger partial charge in [0, 0.05) is 10.7 Å². The lowest BCUT2D eigenvalue weighted by Crippen LogP contribution is -2.52. The lowest BCUT2D eigenvalue weighted by atomic mass is 9.88. The molecule has 1 fully saturated rings. The van der Waals surface area contributed by atoms with Crippen LogP contribution in [0.4, 0.5) is 0 Å². The third-order valence-corrected chi connectivity index (χ3v) is 6.03. The van der Waals surface area contributed by atoms with E-state index in [2.05, 4.69) is 44.1 Å². The molecule has 1 rings (SSSR count). The molecule has 0 bridgehead atoms. The molecule has 4 unspecified atom stereocenters. The molecular formula is C12H21Br2NO2. The zero-order valence-corrected chi connectivity index (χ0v) is 14.0. The van der Waals surface area contributed by atoms with Crippen molar-refractivity contribution in [2.75, 3.05) is 10.7 Å². The Morgan fingerprint density at radius 2 is 1.76 bits per heavy atom. The molecule has 0 saturated carbocycles. The molecule has 0 radical (unpaired) electrons. The Hall–Kier alpha value is 0.390. The van der Waals surface area contributed by atoms with Gasteiger partial charge in [0.05, 0.1) is 23.7 Å². The molecule has 0 spiro atoms. The van der Waals surface area contributed by atoms with Crippen LogP contribution in [0, 0.1) is 11.8 Å². The highest BCUT2D eigenvalue weighted by Crippen LogP contribution is 2.32. The number of halogens is 2. The summed E-state index contributed by atoms with van der Waals surface area (Å²) in [6.07, 6.45) is 0.148. The smallest absolute Gasteiger partial charge is 0.226 e. The van der Waals surface area contributed by atoms with Gasteiger partial charge >= 0.3 is 0 Å². The lowest BCUT2D eigenvalue weighted by molar-refractivity contribution is -0.128. The normalized spacial score (nSPS) is 33.8. The molecule has 3 nitrogen and oxygen atoms in total. The summed E-state index contributed by atoms with van der Waals surface area (Å²) in [5.41, 5.74) is -0.248. The molecule has 0 aromatic heterocycles. The van der Waals surface area contributed by atoms with E-state index in [1.54, 1.807) is 0 Å². The SMILES string of the molecule is CC1OC(C)C(C(=O)NC(C)(CBr)CBr)C1C. The van der Waals surface area contributed by atoms with Crippen molar-refractivity contribution in [3.63, 3.8) is 0 Å². The monoisotopic (exact) mass is 369 g/mol. The van der Waals surface area contributed by atoms with Crippen LogP contribution in [-0.4, -0.2) is 34.3 Å². The number of hydrogen-bond donors (Lipinski definition) is 1. The maximum atomic E-state index is 12.3. The van der Waals surface area contributed by atoms with Crippen molar-refractivity contribution < 1.29 is 9.53 Å². The van der Waals surface area contributed by atoms with Crippen LogP contribution in [0.2, 0.25) is 0 Å². The van der Waals surface area contributed by atoms with Crippen molar-refractivity contribution in [1.82, 2.24) is 5.32 Å². The third kappa shape index (κ3) is 3.44. The first-order valence-corrected chi connectivity index (χ1v) is 8.18. The summed E-state index contributed by atoms with van der Waals surface area (Å²) in [6.45, 7) is 8.10. The van der Waals surface area contributed by atoms with Crippen LogP contribution in [0.15, 0.2) is 0 Å². The van der Waals surface area contributed by atoms with Gasteiger partial charge in [-0.2, -0.15) is 0 Å². The fourth-order valence-corrected chi connectivity index (χ4v) is 3.41. The maximum absolute atomic E-state index is 12.3. The van der Waals surface area contributed by atoms with E-state index >= 15 is 0 Å². The molecule has 100 valence electrons. The second-order valence-electron chi connectivity index (χ2n) is 5.25. The average molecular weight is 371 g/mol. The van der Waals surface area contributed by atoms with Crippen LogP contribution in [0.5, 0.6) is 0 Å². The van der Waals surface area contributed by atoms with Gasteiger partial charge in [-0.25, -0.2) is 0 Å². The molecule has 1 aliphatic heterocycles. The van der Waals surface area contributed by atoms with Gasteiger partial charge in [-0.3, -0.25) is 4.79 Å². The first-order chi connectivity index (χ1) is 7.84. The second-order valence-corrected chi connectivity index (χ2v) is 6.37. The van der Waals surface area contributed by atoms with E-state index in [-0.39, 0.29) is 35.5 Å². The molecule has 1 N–H and O–H groups in total.